The lowest BCUT2D eigenvalue weighted by Crippen LogP contribution is -2.50. The third kappa shape index (κ3) is 4.21. The molecule has 0 aromatic rings. The Bertz CT molecular complexity index is 319. The lowest BCUT2D eigenvalue weighted by Gasteiger charge is -2.35. The van der Waals surface area contributed by atoms with E-state index < -0.39 is 10.0 Å². The zero-order valence-corrected chi connectivity index (χ0v) is 11.6. The van der Waals surface area contributed by atoms with Crippen LogP contribution in [-0.2, 0) is 14.8 Å². The van der Waals surface area contributed by atoms with Crippen molar-refractivity contribution in [3.05, 3.63) is 0 Å². The van der Waals surface area contributed by atoms with Crippen LogP contribution in [0.5, 0.6) is 0 Å². The molecule has 0 aromatic heterocycles. The number of ether oxygens (including phenoxy) is 1. The van der Waals surface area contributed by atoms with Crippen molar-refractivity contribution in [2.45, 2.75) is 44.2 Å². The van der Waals surface area contributed by atoms with E-state index in [2.05, 4.69) is 0 Å². The van der Waals surface area contributed by atoms with Gasteiger partial charge in [-0.1, -0.05) is 12.8 Å². The Morgan fingerprint density at radius 3 is 2.59 bits per heavy atom. The highest BCUT2D eigenvalue weighted by molar-refractivity contribution is 7.89. The Balaban J connectivity index is 2.57. The lowest BCUT2D eigenvalue weighted by atomic mass is 9.91. The summed E-state index contributed by atoms with van der Waals surface area (Å²) in [5, 5.41) is 0. The molecular formula is C11H24N2O3S. The maximum absolute atomic E-state index is 12.1. The molecule has 2 atom stereocenters. The number of rotatable bonds is 6. The number of likely N-dealkylation sites (N-methyl/N-ethyl adjacent to an activating group) is 1. The minimum atomic E-state index is -3.19. The molecule has 1 fully saturated rings. The Morgan fingerprint density at radius 2 is 2.00 bits per heavy atom. The molecule has 1 rings (SSSR count). The van der Waals surface area contributed by atoms with E-state index in [0.29, 0.717) is 13.0 Å². The second-order valence-electron chi connectivity index (χ2n) is 4.69. The van der Waals surface area contributed by atoms with E-state index >= 15 is 0 Å². The van der Waals surface area contributed by atoms with Gasteiger partial charge in [-0.15, -0.1) is 0 Å². The normalized spacial score (nSPS) is 26.4. The van der Waals surface area contributed by atoms with E-state index in [-0.39, 0.29) is 17.8 Å². The Labute approximate surface area is 104 Å². The average molecular weight is 264 g/mol. The summed E-state index contributed by atoms with van der Waals surface area (Å²) >= 11 is 0. The molecule has 2 N–H and O–H groups in total. The van der Waals surface area contributed by atoms with Crippen LogP contribution in [0.3, 0.4) is 0 Å². The third-order valence-electron chi connectivity index (χ3n) is 3.44. The molecule has 1 saturated carbocycles. The molecule has 6 heteroatoms. The number of nitrogens with two attached hydrogens (primary N) is 1. The smallest absolute Gasteiger partial charge is 0.214 e. The van der Waals surface area contributed by atoms with Gasteiger partial charge in [0.1, 0.15) is 0 Å². The Hall–Kier alpha value is -0.170. The number of methoxy groups -OCH3 is 1. The molecule has 1 aliphatic rings. The van der Waals surface area contributed by atoms with Gasteiger partial charge >= 0.3 is 0 Å². The van der Waals surface area contributed by atoms with E-state index in [4.69, 9.17) is 10.5 Å². The Kier molecular flexibility index (Phi) is 5.85. The molecule has 1 aliphatic carbocycles. The van der Waals surface area contributed by atoms with Crippen molar-refractivity contribution in [3.8, 4) is 0 Å². The maximum atomic E-state index is 12.1. The fourth-order valence-electron chi connectivity index (χ4n) is 2.33. The fourth-order valence-corrected chi connectivity index (χ4v) is 3.77. The molecule has 102 valence electrons. The van der Waals surface area contributed by atoms with Crippen LogP contribution in [0.1, 0.15) is 32.1 Å². The summed E-state index contributed by atoms with van der Waals surface area (Å²) in [4.78, 5) is 0. The van der Waals surface area contributed by atoms with E-state index in [1.54, 1.807) is 14.2 Å². The van der Waals surface area contributed by atoms with E-state index in [9.17, 15) is 8.42 Å². The van der Waals surface area contributed by atoms with Crippen LogP contribution in [0.2, 0.25) is 0 Å². The highest BCUT2D eigenvalue weighted by Crippen LogP contribution is 2.23. The maximum Gasteiger partial charge on any atom is 0.214 e. The molecule has 2 unspecified atom stereocenters. The van der Waals surface area contributed by atoms with Crippen LogP contribution in [0.15, 0.2) is 0 Å². The van der Waals surface area contributed by atoms with Crippen molar-refractivity contribution in [1.29, 1.82) is 0 Å². The topological polar surface area (TPSA) is 72.6 Å². The van der Waals surface area contributed by atoms with Gasteiger partial charge in [0.05, 0.1) is 5.75 Å². The van der Waals surface area contributed by atoms with Gasteiger partial charge in [0.25, 0.3) is 0 Å². The van der Waals surface area contributed by atoms with Crippen molar-refractivity contribution in [2.75, 3.05) is 26.5 Å². The summed E-state index contributed by atoms with van der Waals surface area (Å²) in [5.41, 5.74) is 6.00. The van der Waals surface area contributed by atoms with E-state index in [1.165, 1.54) is 4.31 Å². The van der Waals surface area contributed by atoms with Gasteiger partial charge < -0.3 is 10.5 Å². The summed E-state index contributed by atoms with van der Waals surface area (Å²) in [7, 11) is 0.0358. The third-order valence-corrected chi connectivity index (χ3v) is 5.39. The van der Waals surface area contributed by atoms with E-state index in [1.807, 2.05) is 0 Å². The summed E-state index contributed by atoms with van der Waals surface area (Å²) in [6.07, 6.45) is 4.50. The molecular weight excluding hydrogens is 240 g/mol. The standard InChI is InChI=1S/C11H24N2O3S/c1-13(11-7-4-3-6-10(11)12)17(14,15)9-5-8-16-2/h10-11H,3-9,12H2,1-2H3. The van der Waals surface area contributed by atoms with Crippen LogP contribution in [0.4, 0.5) is 0 Å². The molecule has 5 nitrogen and oxygen atoms in total. The predicted molar refractivity (Wildman–Crippen MR) is 68.3 cm³/mol. The van der Waals surface area contributed by atoms with Crippen molar-refractivity contribution in [3.63, 3.8) is 0 Å². The number of hydrogen-bond acceptors (Lipinski definition) is 4. The molecule has 0 aromatic carbocycles. The minimum absolute atomic E-state index is 0.0223. The second kappa shape index (κ2) is 6.68. The number of nitrogens with zero attached hydrogens (tertiary/aromatic N) is 1. The van der Waals surface area contributed by atoms with Crippen molar-refractivity contribution < 1.29 is 13.2 Å². The SMILES string of the molecule is COCCCS(=O)(=O)N(C)C1CCCCC1N. The van der Waals surface area contributed by atoms with Gasteiger partial charge in [0.2, 0.25) is 10.0 Å². The summed E-state index contributed by atoms with van der Waals surface area (Å²) in [6.45, 7) is 0.476. The first-order chi connectivity index (χ1) is 7.99. The van der Waals surface area contributed by atoms with Crippen LogP contribution in [-0.4, -0.2) is 51.3 Å². The molecule has 0 spiro atoms. The number of sulfonamides is 1. The molecule has 17 heavy (non-hydrogen) atoms. The molecule has 0 heterocycles. The lowest BCUT2D eigenvalue weighted by molar-refractivity contribution is 0.198. The van der Waals surface area contributed by atoms with Crippen LogP contribution in [0, 0.1) is 0 Å². The number of hydrogen-bond donors (Lipinski definition) is 1. The summed E-state index contributed by atoms with van der Waals surface area (Å²) in [6, 6.07) is -0.0535. The minimum Gasteiger partial charge on any atom is -0.385 e. The molecule has 0 aliphatic heterocycles. The quantitative estimate of drug-likeness (QED) is 0.711. The fraction of sp³-hybridized carbons (Fsp3) is 1.00. The van der Waals surface area contributed by atoms with Gasteiger partial charge in [-0.3, -0.25) is 0 Å². The van der Waals surface area contributed by atoms with E-state index in [0.717, 1.165) is 25.7 Å². The Morgan fingerprint density at radius 1 is 1.35 bits per heavy atom. The van der Waals surface area contributed by atoms with Crippen molar-refractivity contribution in [2.24, 2.45) is 5.73 Å². The monoisotopic (exact) mass is 264 g/mol. The van der Waals surface area contributed by atoms with Gasteiger partial charge in [-0.2, -0.15) is 0 Å². The van der Waals surface area contributed by atoms with Gasteiger partial charge in [0, 0.05) is 32.8 Å². The van der Waals surface area contributed by atoms with Gasteiger partial charge in [-0.25, -0.2) is 12.7 Å². The highest BCUT2D eigenvalue weighted by atomic mass is 32.2. The summed E-state index contributed by atoms with van der Waals surface area (Å²) < 4.78 is 30.5. The van der Waals surface area contributed by atoms with Crippen LogP contribution < -0.4 is 5.73 Å². The van der Waals surface area contributed by atoms with Gasteiger partial charge in [-0.05, 0) is 19.3 Å². The molecule has 0 saturated heterocycles. The van der Waals surface area contributed by atoms with Gasteiger partial charge in [0.15, 0.2) is 0 Å². The zero-order valence-electron chi connectivity index (χ0n) is 10.8. The largest absolute Gasteiger partial charge is 0.385 e. The zero-order chi connectivity index (χ0) is 12.9. The molecule has 0 radical (unpaired) electrons. The van der Waals surface area contributed by atoms with Crippen LogP contribution in [0.25, 0.3) is 0 Å². The second-order valence-corrected chi connectivity index (χ2v) is 6.84. The molecule has 0 amide bonds. The molecule has 0 bridgehead atoms. The highest BCUT2D eigenvalue weighted by Gasteiger charge is 2.31. The first-order valence-electron chi connectivity index (χ1n) is 6.19. The average Bonchev–Trinajstić information content (AvgIpc) is 2.29. The van der Waals surface area contributed by atoms with Crippen LogP contribution >= 0.6 is 0 Å². The first-order valence-corrected chi connectivity index (χ1v) is 7.80. The van der Waals surface area contributed by atoms with Crippen molar-refractivity contribution in [1.82, 2.24) is 4.31 Å². The summed E-state index contributed by atoms with van der Waals surface area (Å²) in [5.74, 6) is 0.139. The van der Waals surface area contributed by atoms with Crippen molar-refractivity contribution >= 4 is 10.0 Å². The predicted octanol–water partition coefficient (Wildman–Crippen LogP) is 0.554. The first kappa shape index (κ1) is 14.9.